The van der Waals surface area contributed by atoms with E-state index in [4.69, 9.17) is 4.74 Å². The maximum absolute atomic E-state index is 12.2. The highest BCUT2D eigenvalue weighted by Crippen LogP contribution is 2.39. The molecule has 0 radical (unpaired) electrons. The molecule has 1 saturated heterocycles. The number of carbonyl (C=O) groups excluding carboxylic acids is 3. The Morgan fingerprint density at radius 2 is 2.04 bits per heavy atom. The fourth-order valence-electron chi connectivity index (χ4n) is 2.65. The molecule has 1 heterocycles. The molecule has 0 aliphatic carbocycles. The predicted molar refractivity (Wildman–Crippen MR) is 108 cm³/mol. The van der Waals surface area contributed by atoms with Crippen LogP contribution in [0.25, 0.3) is 0 Å². The van der Waals surface area contributed by atoms with E-state index >= 15 is 0 Å². The van der Waals surface area contributed by atoms with E-state index in [0.717, 1.165) is 19.3 Å². The van der Waals surface area contributed by atoms with Crippen molar-refractivity contribution in [3.8, 4) is 0 Å². The number of hydrogen-bond acceptors (Lipinski definition) is 6. The van der Waals surface area contributed by atoms with Gasteiger partial charge in [0.25, 0.3) is 5.91 Å². The highest BCUT2D eigenvalue weighted by molar-refractivity contribution is 8.77. The molecule has 0 bridgehead atoms. The lowest BCUT2D eigenvalue weighted by atomic mass is 10.1. The van der Waals surface area contributed by atoms with Crippen molar-refractivity contribution in [2.75, 3.05) is 11.1 Å². The van der Waals surface area contributed by atoms with Gasteiger partial charge in [0.15, 0.2) is 11.9 Å². The molecule has 1 aliphatic rings. The van der Waals surface area contributed by atoms with Crippen molar-refractivity contribution in [2.45, 2.75) is 57.3 Å². The zero-order chi connectivity index (χ0) is 18.9. The average molecular weight is 396 g/mol. The number of para-hydroxylation sites is 1. The number of ketones is 1. The second kappa shape index (κ2) is 10.6. The molecule has 1 N–H and O–H groups in total. The summed E-state index contributed by atoms with van der Waals surface area (Å²) in [6.07, 6.45) is 3.58. The van der Waals surface area contributed by atoms with Crippen LogP contribution in [0.15, 0.2) is 24.3 Å². The van der Waals surface area contributed by atoms with E-state index in [0.29, 0.717) is 22.9 Å². The highest BCUT2D eigenvalue weighted by atomic mass is 33.1. The Morgan fingerprint density at radius 1 is 1.27 bits per heavy atom. The molecular formula is C19H25NO4S2. The van der Waals surface area contributed by atoms with Crippen LogP contribution in [-0.4, -0.2) is 34.8 Å². The second-order valence-electron chi connectivity index (χ2n) is 6.30. The number of rotatable bonds is 9. The van der Waals surface area contributed by atoms with Crippen molar-refractivity contribution in [1.29, 1.82) is 0 Å². The number of benzene rings is 1. The van der Waals surface area contributed by atoms with Crippen LogP contribution in [0.1, 0.15) is 56.3 Å². The van der Waals surface area contributed by atoms with Crippen molar-refractivity contribution in [1.82, 2.24) is 0 Å². The van der Waals surface area contributed by atoms with Gasteiger partial charge in [0.05, 0.1) is 5.69 Å². The highest BCUT2D eigenvalue weighted by Gasteiger charge is 2.20. The topological polar surface area (TPSA) is 72.5 Å². The normalized spacial score (nSPS) is 17.5. The van der Waals surface area contributed by atoms with Gasteiger partial charge in [-0.3, -0.25) is 14.4 Å². The first-order valence-corrected chi connectivity index (χ1v) is 11.2. The molecule has 2 atom stereocenters. The maximum atomic E-state index is 12.2. The lowest BCUT2D eigenvalue weighted by Gasteiger charge is -2.15. The quantitative estimate of drug-likeness (QED) is 0.288. The minimum Gasteiger partial charge on any atom is -0.453 e. The van der Waals surface area contributed by atoms with Gasteiger partial charge in [0.2, 0.25) is 0 Å². The van der Waals surface area contributed by atoms with E-state index in [2.05, 4.69) is 5.32 Å². The van der Waals surface area contributed by atoms with Gasteiger partial charge in [-0.2, -0.15) is 0 Å². The number of anilines is 1. The van der Waals surface area contributed by atoms with E-state index in [1.165, 1.54) is 26.0 Å². The van der Waals surface area contributed by atoms with Crippen LogP contribution in [0.2, 0.25) is 0 Å². The molecule has 5 nitrogen and oxygen atoms in total. The van der Waals surface area contributed by atoms with Crippen molar-refractivity contribution in [2.24, 2.45) is 0 Å². The summed E-state index contributed by atoms with van der Waals surface area (Å²) in [6, 6.07) is 6.77. The van der Waals surface area contributed by atoms with Crippen LogP contribution < -0.4 is 5.32 Å². The minimum absolute atomic E-state index is 0.135. The predicted octanol–water partition coefficient (Wildman–Crippen LogP) is 4.47. The number of ether oxygens (including phenoxy) is 1. The number of amides is 1. The Balaban J connectivity index is 1.72. The zero-order valence-corrected chi connectivity index (χ0v) is 16.8. The molecule has 142 valence electrons. The third-order valence-electron chi connectivity index (χ3n) is 4.13. The SMILES string of the molecule is CC(=O)c1ccccc1NC(=O)[C@H](C)OC(=O)CCCC[C@@H]1CCSS1. The summed E-state index contributed by atoms with van der Waals surface area (Å²) >= 11 is 0. The van der Waals surface area contributed by atoms with Gasteiger partial charge in [0.1, 0.15) is 0 Å². The Hall–Kier alpha value is -1.47. The molecule has 0 saturated carbocycles. The van der Waals surface area contributed by atoms with Gasteiger partial charge in [-0.15, -0.1) is 0 Å². The van der Waals surface area contributed by atoms with E-state index in [9.17, 15) is 14.4 Å². The molecular weight excluding hydrogens is 370 g/mol. The molecule has 1 amide bonds. The van der Waals surface area contributed by atoms with Gasteiger partial charge in [-0.1, -0.05) is 40.1 Å². The van der Waals surface area contributed by atoms with Gasteiger partial charge >= 0.3 is 5.97 Å². The summed E-state index contributed by atoms with van der Waals surface area (Å²) in [5, 5.41) is 3.37. The Labute approximate surface area is 162 Å². The van der Waals surface area contributed by atoms with Crippen LogP contribution in [0.5, 0.6) is 0 Å². The van der Waals surface area contributed by atoms with Crippen molar-refractivity contribution >= 4 is 44.9 Å². The minimum atomic E-state index is -0.899. The Kier molecular flexibility index (Phi) is 8.51. The first-order valence-electron chi connectivity index (χ1n) is 8.86. The van der Waals surface area contributed by atoms with E-state index in [1.807, 2.05) is 21.6 Å². The van der Waals surface area contributed by atoms with E-state index in [1.54, 1.807) is 24.3 Å². The molecule has 1 aromatic rings. The van der Waals surface area contributed by atoms with E-state index in [-0.39, 0.29) is 11.8 Å². The lowest BCUT2D eigenvalue weighted by molar-refractivity contribution is -0.153. The molecule has 2 rings (SSSR count). The van der Waals surface area contributed by atoms with Crippen molar-refractivity contribution in [3.05, 3.63) is 29.8 Å². The van der Waals surface area contributed by atoms with Crippen molar-refractivity contribution < 1.29 is 19.1 Å². The smallest absolute Gasteiger partial charge is 0.306 e. The summed E-state index contributed by atoms with van der Waals surface area (Å²) in [5.74, 6) is 0.285. The number of hydrogen-bond donors (Lipinski definition) is 1. The second-order valence-corrected chi connectivity index (χ2v) is 9.09. The monoisotopic (exact) mass is 395 g/mol. The van der Waals surface area contributed by atoms with Gasteiger partial charge < -0.3 is 10.1 Å². The average Bonchev–Trinajstić information content (AvgIpc) is 3.12. The largest absolute Gasteiger partial charge is 0.453 e. The number of esters is 1. The van der Waals surface area contributed by atoms with Crippen LogP contribution in [0.3, 0.4) is 0 Å². The zero-order valence-electron chi connectivity index (χ0n) is 15.2. The fourth-order valence-corrected chi connectivity index (χ4v) is 5.68. The molecule has 1 aliphatic heterocycles. The molecule has 1 fully saturated rings. The maximum Gasteiger partial charge on any atom is 0.306 e. The molecule has 0 aromatic heterocycles. The van der Waals surface area contributed by atoms with Crippen LogP contribution in [0, 0.1) is 0 Å². The molecule has 7 heteroatoms. The van der Waals surface area contributed by atoms with Gasteiger partial charge in [-0.05, 0) is 45.2 Å². The molecule has 0 unspecified atom stereocenters. The number of Topliss-reactive ketones (excluding diaryl/α,β-unsaturated/α-hetero) is 1. The third kappa shape index (κ3) is 6.68. The van der Waals surface area contributed by atoms with Crippen molar-refractivity contribution in [3.63, 3.8) is 0 Å². The fraction of sp³-hybridized carbons (Fsp3) is 0.526. The Morgan fingerprint density at radius 3 is 2.73 bits per heavy atom. The summed E-state index contributed by atoms with van der Waals surface area (Å²) in [4.78, 5) is 35.7. The van der Waals surface area contributed by atoms with Crippen LogP contribution in [0.4, 0.5) is 5.69 Å². The van der Waals surface area contributed by atoms with Gasteiger partial charge in [0, 0.05) is 23.0 Å². The lowest BCUT2D eigenvalue weighted by Crippen LogP contribution is -2.30. The van der Waals surface area contributed by atoms with Gasteiger partial charge in [-0.25, -0.2) is 0 Å². The number of nitrogens with one attached hydrogen (secondary N) is 1. The summed E-state index contributed by atoms with van der Waals surface area (Å²) in [6.45, 7) is 2.98. The third-order valence-corrected chi connectivity index (χ3v) is 7.13. The first kappa shape index (κ1) is 20.8. The summed E-state index contributed by atoms with van der Waals surface area (Å²) in [5.41, 5.74) is 0.863. The van der Waals surface area contributed by atoms with E-state index < -0.39 is 12.0 Å². The summed E-state index contributed by atoms with van der Waals surface area (Å²) < 4.78 is 5.21. The number of unbranched alkanes of at least 4 members (excludes halogenated alkanes) is 1. The van der Waals surface area contributed by atoms with Crippen LogP contribution in [-0.2, 0) is 14.3 Å². The molecule has 26 heavy (non-hydrogen) atoms. The first-order chi connectivity index (χ1) is 12.5. The van der Waals surface area contributed by atoms with Crippen LogP contribution >= 0.6 is 21.6 Å². The number of carbonyl (C=O) groups is 3. The molecule has 0 spiro atoms. The molecule has 1 aromatic carbocycles. The summed E-state index contributed by atoms with van der Waals surface area (Å²) in [7, 11) is 3.86. The Bertz CT molecular complexity index is 644. The standard InChI is InChI=1S/C19H25NO4S2/c1-13(21)16-8-4-5-9-17(16)20-19(23)14(2)24-18(22)10-6-3-7-15-11-12-25-26-15/h4-5,8-9,14-15H,3,6-7,10-12H2,1-2H3,(H,20,23)/t14-,15+/m0/s1.